The summed E-state index contributed by atoms with van der Waals surface area (Å²) in [4.78, 5) is 18.3. The number of rotatable bonds is 12. The molecule has 1 N–H and O–H groups in total. The molecule has 0 unspecified atom stereocenters. The van der Waals surface area contributed by atoms with Gasteiger partial charge in [-0.25, -0.2) is 0 Å². The van der Waals surface area contributed by atoms with Crippen LogP contribution in [0.5, 0.6) is 5.75 Å². The van der Waals surface area contributed by atoms with E-state index in [9.17, 15) is 4.79 Å². The number of aromatic nitrogens is 1. The van der Waals surface area contributed by atoms with Crippen LogP contribution in [-0.4, -0.2) is 66.1 Å². The van der Waals surface area contributed by atoms with E-state index >= 15 is 0 Å². The van der Waals surface area contributed by atoms with Gasteiger partial charge in [0.05, 0.1) is 11.1 Å². The van der Waals surface area contributed by atoms with Crippen molar-refractivity contribution in [1.29, 1.82) is 0 Å². The lowest BCUT2D eigenvalue weighted by molar-refractivity contribution is 0.0952. The molecule has 1 amide bonds. The Balaban J connectivity index is 0.998. The van der Waals surface area contributed by atoms with Crippen molar-refractivity contribution in [2.75, 3.05) is 45.9 Å². The number of ether oxygens (including phenoxy) is 1. The van der Waals surface area contributed by atoms with Gasteiger partial charge in [0.1, 0.15) is 12.4 Å². The van der Waals surface area contributed by atoms with Crippen LogP contribution in [0.4, 0.5) is 0 Å². The summed E-state index contributed by atoms with van der Waals surface area (Å²) in [5.41, 5.74) is 4.33. The Kier molecular flexibility index (Phi) is 9.81. The zero-order valence-corrected chi connectivity index (χ0v) is 26.2. The number of carbonyl (C=O) groups is 1. The van der Waals surface area contributed by atoms with Crippen LogP contribution in [0.1, 0.15) is 34.8 Å². The third kappa shape index (κ3) is 6.94. The second-order valence-electron chi connectivity index (χ2n) is 11.5. The summed E-state index contributed by atoms with van der Waals surface area (Å²) >= 11 is 6.37. The van der Waals surface area contributed by atoms with Crippen molar-refractivity contribution in [3.05, 3.63) is 113 Å². The van der Waals surface area contributed by atoms with Crippen molar-refractivity contribution in [3.8, 4) is 5.75 Å². The summed E-state index contributed by atoms with van der Waals surface area (Å²) in [6.07, 6.45) is 4.04. The van der Waals surface area contributed by atoms with E-state index in [-0.39, 0.29) is 5.91 Å². The molecule has 1 saturated heterocycles. The van der Waals surface area contributed by atoms with E-state index in [0.717, 1.165) is 96.7 Å². The molecular formula is C37H41ClN4O2. The highest BCUT2D eigenvalue weighted by molar-refractivity contribution is 6.35. The molecule has 1 fully saturated rings. The maximum atomic E-state index is 13.3. The number of carbonyl (C=O) groups excluding carboxylic acids is 1. The molecule has 0 aliphatic carbocycles. The van der Waals surface area contributed by atoms with Gasteiger partial charge in [-0.05, 0) is 42.6 Å². The van der Waals surface area contributed by atoms with Crippen LogP contribution in [0.2, 0.25) is 5.02 Å². The van der Waals surface area contributed by atoms with Crippen molar-refractivity contribution in [2.24, 2.45) is 0 Å². The van der Waals surface area contributed by atoms with E-state index in [4.69, 9.17) is 16.3 Å². The number of aryl methyl sites for hydroxylation is 2. The van der Waals surface area contributed by atoms with Gasteiger partial charge in [0.15, 0.2) is 0 Å². The summed E-state index contributed by atoms with van der Waals surface area (Å²) in [7, 11) is 0. The van der Waals surface area contributed by atoms with Crippen molar-refractivity contribution < 1.29 is 9.53 Å². The Morgan fingerprint density at radius 3 is 2.27 bits per heavy atom. The van der Waals surface area contributed by atoms with Gasteiger partial charge in [-0.15, -0.1) is 0 Å². The Hall–Kier alpha value is -3.84. The van der Waals surface area contributed by atoms with Crippen LogP contribution in [0.3, 0.4) is 0 Å². The average molecular weight is 609 g/mol. The summed E-state index contributed by atoms with van der Waals surface area (Å²) in [5, 5.41) is 7.01. The maximum absolute atomic E-state index is 13.3. The molecule has 0 saturated carbocycles. The maximum Gasteiger partial charge on any atom is 0.253 e. The first-order valence-electron chi connectivity index (χ1n) is 15.8. The average Bonchev–Trinajstić information content (AvgIpc) is 3.45. The fourth-order valence-electron chi connectivity index (χ4n) is 6.30. The predicted molar refractivity (Wildman–Crippen MR) is 181 cm³/mol. The van der Waals surface area contributed by atoms with Crippen molar-refractivity contribution in [2.45, 2.75) is 32.9 Å². The lowest BCUT2D eigenvalue weighted by Gasteiger charge is -2.34. The number of amides is 1. The first-order chi connectivity index (χ1) is 21.6. The molecule has 2 heterocycles. The topological polar surface area (TPSA) is 49.7 Å². The number of piperazine rings is 1. The molecule has 4 aromatic carbocycles. The molecule has 1 aliphatic rings. The van der Waals surface area contributed by atoms with Crippen LogP contribution >= 0.6 is 11.6 Å². The molecule has 44 heavy (non-hydrogen) atoms. The van der Waals surface area contributed by atoms with Crippen LogP contribution in [0.25, 0.3) is 21.7 Å². The van der Waals surface area contributed by atoms with Crippen LogP contribution in [0, 0.1) is 0 Å². The Morgan fingerprint density at radius 2 is 1.50 bits per heavy atom. The first-order valence-corrected chi connectivity index (χ1v) is 16.2. The van der Waals surface area contributed by atoms with Crippen molar-refractivity contribution in [3.63, 3.8) is 0 Å². The smallest absolute Gasteiger partial charge is 0.253 e. The van der Waals surface area contributed by atoms with Gasteiger partial charge < -0.3 is 19.5 Å². The zero-order valence-electron chi connectivity index (χ0n) is 25.5. The molecule has 6 nitrogen and oxygen atoms in total. The number of hydrogen-bond acceptors (Lipinski definition) is 4. The minimum atomic E-state index is -0.0183. The van der Waals surface area contributed by atoms with E-state index < -0.39 is 0 Å². The second kappa shape index (κ2) is 14.3. The fourth-order valence-corrected chi connectivity index (χ4v) is 6.53. The molecule has 0 spiro atoms. The van der Waals surface area contributed by atoms with Gasteiger partial charge in [0.25, 0.3) is 5.91 Å². The Bertz CT molecular complexity index is 1710. The fraction of sp³-hybridized carbons (Fsp3) is 0.324. The minimum absolute atomic E-state index is 0.0183. The van der Waals surface area contributed by atoms with Crippen LogP contribution < -0.4 is 10.1 Å². The number of benzene rings is 4. The highest BCUT2D eigenvalue weighted by Crippen LogP contribution is 2.31. The molecule has 0 radical (unpaired) electrons. The highest BCUT2D eigenvalue weighted by Gasteiger charge is 2.19. The molecule has 7 heteroatoms. The number of nitrogens with zero attached hydrogens (tertiary/aromatic N) is 3. The van der Waals surface area contributed by atoms with E-state index in [1.807, 2.05) is 60.7 Å². The molecule has 5 aromatic rings. The third-order valence-electron chi connectivity index (χ3n) is 8.74. The zero-order chi connectivity index (χ0) is 30.3. The van der Waals surface area contributed by atoms with Crippen LogP contribution in [-0.2, 0) is 19.5 Å². The molecule has 0 atom stereocenters. The van der Waals surface area contributed by atoms with Crippen molar-refractivity contribution in [1.82, 2.24) is 19.7 Å². The molecular weight excluding hydrogens is 568 g/mol. The predicted octanol–water partition coefficient (Wildman–Crippen LogP) is 7.03. The Labute approximate surface area is 265 Å². The van der Waals surface area contributed by atoms with Gasteiger partial charge in [-0.3, -0.25) is 9.69 Å². The molecule has 1 aromatic heterocycles. The third-order valence-corrected chi connectivity index (χ3v) is 9.07. The van der Waals surface area contributed by atoms with Gasteiger partial charge >= 0.3 is 0 Å². The molecule has 228 valence electrons. The Morgan fingerprint density at radius 1 is 0.795 bits per heavy atom. The van der Waals surface area contributed by atoms with Gasteiger partial charge in [0.2, 0.25) is 0 Å². The van der Waals surface area contributed by atoms with Gasteiger partial charge in [0, 0.05) is 73.2 Å². The normalized spacial score (nSPS) is 14.3. The van der Waals surface area contributed by atoms with E-state index in [2.05, 4.69) is 57.1 Å². The number of hydrogen-bond donors (Lipinski definition) is 1. The number of para-hydroxylation sites is 1. The van der Waals surface area contributed by atoms with Gasteiger partial charge in [-0.2, -0.15) is 0 Å². The monoisotopic (exact) mass is 608 g/mol. The summed E-state index contributed by atoms with van der Waals surface area (Å²) in [6, 6.07) is 28.4. The van der Waals surface area contributed by atoms with E-state index in [1.165, 1.54) is 11.1 Å². The number of halogens is 1. The summed E-state index contributed by atoms with van der Waals surface area (Å²) < 4.78 is 8.49. The number of fused-ring (bicyclic) bond motifs is 2. The standard InChI is InChI=1S/C37H41ClN4O2/c1-2-29-12-8-15-32-33(37(43)39-26-28-10-4-3-5-11-28)27-42(36(29)32)19-9-18-40-20-22-41(23-21-40)24-25-44-35-17-16-34(38)30-13-6-7-14-31(30)35/h3-8,10-17,27H,2,9,18-26H2,1H3,(H,39,43). The highest BCUT2D eigenvalue weighted by atomic mass is 35.5. The first kappa shape index (κ1) is 30.2. The largest absolute Gasteiger partial charge is 0.492 e. The SMILES string of the molecule is CCc1cccc2c(C(=O)NCc3ccccc3)cn(CCCN3CCN(CCOc4ccc(Cl)c5ccccc45)CC3)c12. The minimum Gasteiger partial charge on any atom is -0.492 e. The van der Waals surface area contributed by atoms with Gasteiger partial charge in [-0.1, -0.05) is 91.3 Å². The second-order valence-corrected chi connectivity index (χ2v) is 12.0. The molecule has 0 bridgehead atoms. The van der Waals surface area contributed by atoms with Crippen LogP contribution in [0.15, 0.2) is 91.1 Å². The lowest BCUT2D eigenvalue weighted by Crippen LogP contribution is -2.47. The molecule has 1 aliphatic heterocycles. The summed E-state index contributed by atoms with van der Waals surface area (Å²) in [6.45, 7) is 10.4. The molecule has 6 rings (SSSR count). The van der Waals surface area contributed by atoms with E-state index in [1.54, 1.807) is 0 Å². The van der Waals surface area contributed by atoms with Crippen molar-refractivity contribution >= 4 is 39.2 Å². The summed E-state index contributed by atoms with van der Waals surface area (Å²) in [5.74, 6) is 0.874. The number of nitrogens with one attached hydrogen (secondary N) is 1. The van der Waals surface area contributed by atoms with E-state index in [0.29, 0.717) is 13.2 Å². The lowest BCUT2D eigenvalue weighted by atomic mass is 10.1. The quantitative estimate of drug-likeness (QED) is 0.165.